The molecule has 0 spiro atoms. The number of carbonyl (C=O) groups is 2. The third kappa shape index (κ3) is 31.2. The fraction of sp³-hybridized carbons (Fsp3) is 0.886. The molecule has 0 aliphatic carbocycles. The van der Waals surface area contributed by atoms with Gasteiger partial charge in [0.05, 0.1) is 0 Å². The minimum atomic E-state index is -0.959. The first-order valence-electron chi connectivity index (χ1n) is 17.2. The molecule has 0 aliphatic rings. The molecule has 0 aliphatic heterocycles. The molecular weight excluding hydrogens is 500 g/mol. The van der Waals surface area contributed by atoms with Gasteiger partial charge in [-0.15, -0.1) is 0 Å². The first-order valence-corrected chi connectivity index (χ1v) is 17.2. The smallest absolute Gasteiger partial charge is 0.305 e. The van der Waals surface area contributed by atoms with Gasteiger partial charge in [0.15, 0.2) is 0 Å². The number of esters is 2. The molecule has 0 fully saturated rings. The van der Waals surface area contributed by atoms with Gasteiger partial charge in [0.2, 0.25) is 0 Å². The summed E-state index contributed by atoms with van der Waals surface area (Å²) in [7, 11) is 0. The van der Waals surface area contributed by atoms with Gasteiger partial charge in [-0.1, -0.05) is 142 Å². The topological polar surface area (TPSA) is 72.8 Å². The third-order valence-corrected chi connectivity index (χ3v) is 7.50. The van der Waals surface area contributed by atoms with E-state index >= 15 is 0 Å². The van der Waals surface area contributed by atoms with E-state index in [9.17, 15) is 14.7 Å². The normalized spacial score (nSPS) is 12.2. The first-order chi connectivity index (χ1) is 19.6. The highest BCUT2D eigenvalue weighted by molar-refractivity contribution is 5.69. The second-order valence-corrected chi connectivity index (χ2v) is 11.6. The van der Waals surface area contributed by atoms with Gasteiger partial charge >= 0.3 is 11.9 Å². The summed E-state index contributed by atoms with van der Waals surface area (Å²) in [5.74, 6) is -0.571. The van der Waals surface area contributed by atoms with Crippen LogP contribution in [-0.4, -0.2) is 36.4 Å². The van der Waals surface area contributed by atoms with Crippen molar-refractivity contribution in [2.75, 3.05) is 13.2 Å². The molecular formula is C35H66O5. The summed E-state index contributed by atoms with van der Waals surface area (Å²) in [6.07, 6.45) is 34.0. The first kappa shape index (κ1) is 38.6. The maximum absolute atomic E-state index is 11.9. The maximum atomic E-state index is 11.9. The van der Waals surface area contributed by atoms with E-state index in [-0.39, 0.29) is 25.2 Å². The van der Waals surface area contributed by atoms with E-state index in [4.69, 9.17) is 9.47 Å². The Hall–Kier alpha value is -1.36. The van der Waals surface area contributed by atoms with Crippen LogP contribution in [0.15, 0.2) is 12.2 Å². The van der Waals surface area contributed by atoms with Gasteiger partial charge in [-0.3, -0.25) is 9.59 Å². The Kier molecular flexibility index (Phi) is 31.1. The zero-order chi connectivity index (χ0) is 29.4. The van der Waals surface area contributed by atoms with Crippen LogP contribution < -0.4 is 0 Å². The molecule has 0 bridgehead atoms. The van der Waals surface area contributed by atoms with Gasteiger partial charge in [-0.25, -0.2) is 0 Å². The minimum absolute atomic E-state index is 0.114. The molecule has 1 N–H and O–H groups in total. The summed E-state index contributed by atoms with van der Waals surface area (Å²) < 4.78 is 10.3. The number of aliphatic hydroxyl groups excluding tert-OH is 1. The molecule has 0 heterocycles. The molecule has 0 rings (SSSR count). The molecule has 0 aromatic rings. The van der Waals surface area contributed by atoms with Gasteiger partial charge in [0, 0.05) is 12.8 Å². The van der Waals surface area contributed by atoms with Crippen LogP contribution in [0.4, 0.5) is 0 Å². The van der Waals surface area contributed by atoms with E-state index in [1.807, 2.05) is 0 Å². The van der Waals surface area contributed by atoms with E-state index in [1.165, 1.54) is 109 Å². The van der Waals surface area contributed by atoms with Crippen LogP contribution >= 0.6 is 0 Å². The molecule has 0 radical (unpaired) electrons. The summed E-state index contributed by atoms with van der Waals surface area (Å²) in [5, 5.41) is 9.95. The molecule has 0 amide bonds. The van der Waals surface area contributed by atoms with Crippen molar-refractivity contribution in [3.63, 3.8) is 0 Å². The highest BCUT2D eigenvalue weighted by Gasteiger charge is 2.12. The number of rotatable bonds is 31. The third-order valence-electron chi connectivity index (χ3n) is 7.50. The molecule has 236 valence electrons. The molecule has 0 unspecified atom stereocenters. The fourth-order valence-corrected chi connectivity index (χ4v) is 4.84. The van der Waals surface area contributed by atoms with Crippen molar-refractivity contribution >= 4 is 11.9 Å². The summed E-state index contributed by atoms with van der Waals surface area (Å²) in [4.78, 5) is 23.8. The van der Waals surface area contributed by atoms with Crippen molar-refractivity contribution in [2.24, 2.45) is 0 Å². The van der Waals surface area contributed by atoms with Crippen molar-refractivity contribution in [1.29, 1.82) is 0 Å². The summed E-state index contributed by atoms with van der Waals surface area (Å²) in [5.41, 5.74) is 0. The molecule has 0 saturated carbocycles. The van der Waals surface area contributed by atoms with Crippen LogP contribution in [-0.2, 0) is 19.1 Å². The Morgan fingerprint density at radius 2 is 0.800 bits per heavy atom. The average molecular weight is 567 g/mol. The van der Waals surface area contributed by atoms with Crippen LogP contribution in [0.2, 0.25) is 0 Å². The van der Waals surface area contributed by atoms with Gasteiger partial charge < -0.3 is 14.6 Å². The van der Waals surface area contributed by atoms with Gasteiger partial charge in [-0.2, -0.15) is 0 Å². The van der Waals surface area contributed by atoms with Crippen LogP contribution in [0.25, 0.3) is 0 Å². The Balaban J connectivity index is 3.43. The van der Waals surface area contributed by atoms with Crippen molar-refractivity contribution in [2.45, 2.75) is 187 Å². The molecule has 0 saturated heterocycles. The molecule has 0 aromatic heterocycles. The molecule has 0 aromatic carbocycles. The van der Waals surface area contributed by atoms with E-state index in [0.717, 1.165) is 44.9 Å². The zero-order valence-corrected chi connectivity index (χ0v) is 26.6. The quantitative estimate of drug-likeness (QED) is 0.0513. The lowest BCUT2D eigenvalue weighted by molar-refractivity contribution is -0.152. The van der Waals surface area contributed by atoms with E-state index in [0.29, 0.717) is 12.8 Å². The SMILES string of the molecule is CCCCCCCC/C=C\CCCCCCCC(=O)OC[C@H](O)COC(=O)CCCCCCCCCCCCC. The van der Waals surface area contributed by atoms with Gasteiger partial charge in [-0.05, 0) is 38.5 Å². The number of hydrogen-bond donors (Lipinski definition) is 1. The lowest BCUT2D eigenvalue weighted by Crippen LogP contribution is -2.25. The van der Waals surface area contributed by atoms with Crippen LogP contribution in [0.5, 0.6) is 0 Å². The lowest BCUT2D eigenvalue weighted by atomic mass is 10.1. The Bertz CT molecular complexity index is 574. The molecule has 5 nitrogen and oxygen atoms in total. The minimum Gasteiger partial charge on any atom is -0.463 e. The Morgan fingerprint density at radius 3 is 1.15 bits per heavy atom. The van der Waals surface area contributed by atoms with Crippen molar-refractivity contribution < 1.29 is 24.2 Å². The maximum Gasteiger partial charge on any atom is 0.305 e. The average Bonchev–Trinajstić information content (AvgIpc) is 2.95. The molecule has 1 atom stereocenters. The Morgan fingerprint density at radius 1 is 0.500 bits per heavy atom. The highest BCUT2D eigenvalue weighted by atomic mass is 16.6. The predicted molar refractivity (Wildman–Crippen MR) is 168 cm³/mol. The number of aliphatic hydroxyl groups is 1. The van der Waals surface area contributed by atoms with Crippen LogP contribution in [0.1, 0.15) is 181 Å². The van der Waals surface area contributed by atoms with E-state index in [1.54, 1.807) is 0 Å². The van der Waals surface area contributed by atoms with E-state index in [2.05, 4.69) is 26.0 Å². The zero-order valence-electron chi connectivity index (χ0n) is 26.6. The van der Waals surface area contributed by atoms with E-state index < -0.39 is 6.10 Å². The Labute approximate surface area is 248 Å². The molecule has 5 heteroatoms. The largest absolute Gasteiger partial charge is 0.463 e. The lowest BCUT2D eigenvalue weighted by Gasteiger charge is -2.12. The molecule has 40 heavy (non-hydrogen) atoms. The standard InChI is InChI=1S/C35H66O5/c1-3-5-7-9-11-13-15-16-17-18-20-22-24-26-28-30-35(38)40-32-33(36)31-39-34(37)29-27-25-23-21-19-14-12-10-8-6-4-2/h16-17,33,36H,3-15,18-32H2,1-2H3/b17-16-/t33-/m1/s1. The second-order valence-electron chi connectivity index (χ2n) is 11.6. The predicted octanol–water partition coefficient (Wildman–Crippen LogP) is 10.2. The van der Waals surface area contributed by atoms with Crippen molar-refractivity contribution in [3.8, 4) is 0 Å². The highest BCUT2D eigenvalue weighted by Crippen LogP contribution is 2.13. The van der Waals surface area contributed by atoms with Crippen molar-refractivity contribution in [1.82, 2.24) is 0 Å². The van der Waals surface area contributed by atoms with Crippen LogP contribution in [0.3, 0.4) is 0 Å². The number of allylic oxidation sites excluding steroid dienone is 2. The van der Waals surface area contributed by atoms with Crippen molar-refractivity contribution in [3.05, 3.63) is 12.2 Å². The monoisotopic (exact) mass is 566 g/mol. The second kappa shape index (κ2) is 32.2. The van der Waals surface area contributed by atoms with Gasteiger partial charge in [0.25, 0.3) is 0 Å². The summed E-state index contributed by atoms with van der Waals surface area (Å²) >= 11 is 0. The number of hydrogen-bond acceptors (Lipinski definition) is 5. The fourth-order valence-electron chi connectivity index (χ4n) is 4.84. The summed E-state index contributed by atoms with van der Waals surface area (Å²) in [6.45, 7) is 4.28. The summed E-state index contributed by atoms with van der Waals surface area (Å²) in [6, 6.07) is 0. The number of unbranched alkanes of at least 4 members (excludes halogenated alkanes) is 21. The number of carbonyl (C=O) groups excluding carboxylic acids is 2. The van der Waals surface area contributed by atoms with Gasteiger partial charge in [0.1, 0.15) is 19.3 Å². The number of ether oxygens (including phenoxy) is 2. The van der Waals surface area contributed by atoms with Crippen LogP contribution in [0, 0.1) is 0 Å².